The fourth-order valence-electron chi connectivity index (χ4n) is 2.51. The molecular formula is C14H22N2O. The van der Waals surface area contributed by atoms with Gasteiger partial charge in [0.05, 0.1) is 0 Å². The van der Waals surface area contributed by atoms with E-state index >= 15 is 0 Å². The molecule has 3 N–H and O–H groups in total. The molecule has 3 nitrogen and oxygen atoms in total. The van der Waals surface area contributed by atoms with Gasteiger partial charge in [-0.15, -0.1) is 0 Å². The van der Waals surface area contributed by atoms with Crippen molar-refractivity contribution in [3.05, 3.63) is 29.8 Å². The predicted molar refractivity (Wildman–Crippen MR) is 69.9 cm³/mol. The molecule has 1 fully saturated rings. The average molecular weight is 234 g/mol. The zero-order valence-corrected chi connectivity index (χ0v) is 10.6. The molecule has 1 aliphatic heterocycles. The molecule has 17 heavy (non-hydrogen) atoms. The fourth-order valence-corrected chi connectivity index (χ4v) is 2.51. The summed E-state index contributed by atoms with van der Waals surface area (Å²) in [7, 11) is 0. The number of phenols is 1. The summed E-state index contributed by atoms with van der Waals surface area (Å²) < 4.78 is 0. The molecule has 0 saturated carbocycles. The van der Waals surface area contributed by atoms with Crippen LogP contribution in [0.2, 0.25) is 0 Å². The van der Waals surface area contributed by atoms with Crippen LogP contribution in [0.1, 0.15) is 31.9 Å². The monoisotopic (exact) mass is 234 g/mol. The highest BCUT2D eigenvalue weighted by atomic mass is 16.3. The van der Waals surface area contributed by atoms with E-state index in [0.717, 1.165) is 25.1 Å². The number of piperidine rings is 1. The molecule has 3 unspecified atom stereocenters. The highest BCUT2D eigenvalue weighted by Crippen LogP contribution is 2.30. The molecular weight excluding hydrogens is 212 g/mol. The lowest BCUT2D eigenvalue weighted by Gasteiger charge is -2.38. The number of benzene rings is 1. The van der Waals surface area contributed by atoms with Crippen LogP contribution in [0.25, 0.3) is 0 Å². The standard InChI is InChI=1S/C14H22N2O/c1-10-7-8-16(9-13(10)15)11(2)12-5-3-4-6-14(12)17/h3-6,10-11,13,17H,7-9,15H2,1-2H3. The number of para-hydroxylation sites is 1. The van der Waals surface area contributed by atoms with Gasteiger partial charge < -0.3 is 10.8 Å². The maximum Gasteiger partial charge on any atom is 0.120 e. The summed E-state index contributed by atoms with van der Waals surface area (Å²) in [6.45, 7) is 6.32. The Morgan fingerprint density at radius 2 is 2.12 bits per heavy atom. The van der Waals surface area contributed by atoms with Crippen molar-refractivity contribution in [3.8, 4) is 5.75 Å². The van der Waals surface area contributed by atoms with Crippen LogP contribution in [0.5, 0.6) is 5.75 Å². The van der Waals surface area contributed by atoms with Crippen molar-refractivity contribution >= 4 is 0 Å². The number of hydrogen-bond acceptors (Lipinski definition) is 3. The summed E-state index contributed by atoms with van der Waals surface area (Å²) in [6.07, 6.45) is 1.14. The Bertz CT molecular complexity index is 380. The lowest BCUT2D eigenvalue weighted by Crippen LogP contribution is -2.48. The van der Waals surface area contributed by atoms with E-state index in [4.69, 9.17) is 5.73 Å². The summed E-state index contributed by atoms with van der Waals surface area (Å²) in [5.41, 5.74) is 7.11. The van der Waals surface area contributed by atoms with Gasteiger partial charge >= 0.3 is 0 Å². The van der Waals surface area contributed by atoms with Crippen LogP contribution in [0.4, 0.5) is 0 Å². The van der Waals surface area contributed by atoms with Crippen LogP contribution in [-0.2, 0) is 0 Å². The largest absolute Gasteiger partial charge is 0.508 e. The second-order valence-electron chi connectivity index (χ2n) is 5.16. The van der Waals surface area contributed by atoms with Gasteiger partial charge in [-0.3, -0.25) is 4.90 Å². The molecule has 0 spiro atoms. The fraction of sp³-hybridized carbons (Fsp3) is 0.571. The molecule has 1 aromatic rings. The first kappa shape index (κ1) is 12.4. The van der Waals surface area contributed by atoms with Gasteiger partial charge in [0.15, 0.2) is 0 Å². The van der Waals surface area contributed by atoms with Crippen LogP contribution >= 0.6 is 0 Å². The van der Waals surface area contributed by atoms with E-state index in [9.17, 15) is 5.11 Å². The highest BCUT2D eigenvalue weighted by Gasteiger charge is 2.27. The van der Waals surface area contributed by atoms with E-state index in [0.29, 0.717) is 11.7 Å². The molecule has 1 aromatic carbocycles. The van der Waals surface area contributed by atoms with Crippen molar-refractivity contribution in [1.29, 1.82) is 0 Å². The minimum absolute atomic E-state index is 0.231. The Balaban J connectivity index is 2.10. The van der Waals surface area contributed by atoms with E-state index in [1.807, 2.05) is 18.2 Å². The number of phenolic OH excluding ortho intramolecular Hbond substituents is 1. The molecule has 1 saturated heterocycles. The first-order valence-corrected chi connectivity index (χ1v) is 6.37. The second kappa shape index (κ2) is 5.07. The quantitative estimate of drug-likeness (QED) is 0.824. The van der Waals surface area contributed by atoms with Gasteiger partial charge in [-0.2, -0.15) is 0 Å². The Hall–Kier alpha value is -1.06. The van der Waals surface area contributed by atoms with Gasteiger partial charge in [0.25, 0.3) is 0 Å². The summed E-state index contributed by atoms with van der Waals surface area (Å²) in [6, 6.07) is 8.04. The number of nitrogens with two attached hydrogens (primary N) is 1. The topological polar surface area (TPSA) is 49.5 Å². The van der Waals surface area contributed by atoms with Gasteiger partial charge in [0.1, 0.15) is 5.75 Å². The van der Waals surface area contributed by atoms with Crippen LogP contribution in [0.15, 0.2) is 24.3 Å². The molecule has 0 aromatic heterocycles. The molecule has 1 heterocycles. The van der Waals surface area contributed by atoms with E-state index < -0.39 is 0 Å². The average Bonchev–Trinajstić information content (AvgIpc) is 2.32. The van der Waals surface area contributed by atoms with Gasteiger partial charge in [-0.05, 0) is 31.9 Å². The third kappa shape index (κ3) is 2.61. The molecule has 1 aliphatic rings. The summed E-state index contributed by atoms with van der Waals surface area (Å²) in [5.74, 6) is 0.981. The van der Waals surface area contributed by atoms with Crippen molar-refractivity contribution in [1.82, 2.24) is 4.90 Å². The van der Waals surface area contributed by atoms with Crippen LogP contribution in [0.3, 0.4) is 0 Å². The van der Waals surface area contributed by atoms with Crippen molar-refractivity contribution in [2.24, 2.45) is 11.7 Å². The number of likely N-dealkylation sites (tertiary alicyclic amines) is 1. The first-order valence-electron chi connectivity index (χ1n) is 6.37. The van der Waals surface area contributed by atoms with E-state index in [-0.39, 0.29) is 12.1 Å². The molecule has 3 heteroatoms. The number of aromatic hydroxyl groups is 1. The van der Waals surface area contributed by atoms with E-state index in [1.54, 1.807) is 6.07 Å². The van der Waals surface area contributed by atoms with Crippen LogP contribution in [0, 0.1) is 5.92 Å². The van der Waals surface area contributed by atoms with Crippen molar-refractivity contribution in [2.75, 3.05) is 13.1 Å². The van der Waals surface area contributed by atoms with Crippen molar-refractivity contribution in [2.45, 2.75) is 32.4 Å². The van der Waals surface area contributed by atoms with E-state index in [1.165, 1.54) is 0 Å². The summed E-state index contributed by atoms with van der Waals surface area (Å²) in [4.78, 5) is 2.36. The van der Waals surface area contributed by atoms with Crippen LogP contribution in [-0.4, -0.2) is 29.1 Å². The minimum atomic E-state index is 0.231. The Kier molecular flexibility index (Phi) is 3.69. The Morgan fingerprint density at radius 3 is 2.76 bits per heavy atom. The Morgan fingerprint density at radius 1 is 1.41 bits per heavy atom. The molecule has 2 rings (SSSR count). The van der Waals surface area contributed by atoms with Gasteiger partial charge in [0.2, 0.25) is 0 Å². The maximum absolute atomic E-state index is 9.87. The molecule has 0 radical (unpaired) electrons. The summed E-state index contributed by atoms with van der Waals surface area (Å²) in [5, 5.41) is 9.87. The SMILES string of the molecule is CC1CCN(C(C)c2ccccc2O)CC1N. The van der Waals surface area contributed by atoms with Crippen molar-refractivity contribution < 1.29 is 5.11 Å². The summed E-state index contributed by atoms with van der Waals surface area (Å²) >= 11 is 0. The highest BCUT2D eigenvalue weighted by molar-refractivity contribution is 5.34. The minimum Gasteiger partial charge on any atom is -0.508 e. The zero-order chi connectivity index (χ0) is 12.4. The molecule has 0 amide bonds. The van der Waals surface area contributed by atoms with Gasteiger partial charge in [-0.25, -0.2) is 0 Å². The van der Waals surface area contributed by atoms with Gasteiger partial charge in [-0.1, -0.05) is 25.1 Å². The van der Waals surface area contributed by atoms with Crippen molar-refractivity contribution in [3.63, 3.8) is 0 Å². The number of rotatable bonds is 2. The lowest BCUT2D eigenvalue weighted by molar-refractivity contribution is 0.127. The smallest absolute Gasteiger partial charge is 0.120 e. The first-order chi connectivity index (χ1) is 8.09. The van der Waals surface area contributed by atoms with Crippen LogP contribution < -0.4 is 5.73 Å². The third-order valence-corrected chi connectivity index (χ3v) is 3.98. The third-order valence-electron chi connectivity index (χ3n) is 3.98. The Labute approximate surface area is 103 Å². The normalized spacial score (nSPS) is 27.9. The zero-order valence-electron chi connectivity index (χ0n) is 10.6. The number of hydrogen-bond donors (Lipinski definition) is 2. The van der Waals surface area contributed by atoms with E-state index in [2.05, 4.69) is 18.7 Å². The second-order valence-corrected chi connectivity index (χ2v) is 5.16. The maximum atomic E-state index is 9.87. The molecule has 0 bridgehead atoms. The van der Waals surface area contributed by atoms with Gasteiger partial charge in [0, 0.05) is 24.2 Å². The number of nitrogens with zero attached hydrogens (tertiary/aromatic N) is 1. The molecule has 94 valence electrons. The molecule has 0 aliphatic carbocycles. The predicted octanol–water partition coefficient (Wildman–Crippen LogP) is 2.12. The lowest BCUT2D eigenvalue weighted by atomic mass is 9.92. The molecule has 3 atom stereocenters.